The van der Waals surface area contributed by atoms with Crippen LogP contribution in [0.3, 0.4) is 0 Å². The van der Waals surface area contributed by atoms with Crippen molar-refractivity contribution in [3.05, 3.63) is 24.0 Å². The minimum atomic E-state index is -3.04. The molecule has 120 valence electrons. The highest BCUT2D eigenvalue weighted by atomic mass is 19.3. The molecular weight excluding hydrogens is 280 g/mol. The molecule has 21 heavy (non-hydrogen) atoms. The van der Waals surface area contributed by atoms with Gasteiger partial charge in [-0.1, -0.05) is 0 Å². The van der Waals surface area contributed by atoms with Crippen LogP contribution in [0.25, 0.3) is 0 Å². The van der Waals surface area contributed by atoms with Gasteiger partial charge in [-0.2, -0.15) is 0 Å². The highest BCUT2D eigenvalue weighted by molar-refractivity contribution is 5.67. The summed E-state index contributed by atoms with van der Waals surface area (Å²) in [7, 11) is 1.85. The fourth-order valence-electron chi connectivity index (χ4n) is 1.63. The molecule has 0 aliphatic rings. The number of aryl methyl sites for hydroxylation is 1. The average molecular weight is 303 g/mol. The van der Waals surface area contributed by atoms with Crippen LogP contribution in [0, 0.1) is 0 Å². The van der Waals surface area contributed by atoms with E-state index in [9.17, 15) is 13.6 Å². The first kappa shape index (κ1) is 17.4. The number of carbonyl (C=O) groups is 1. The maximum Gasteiger partial charge on any atom is 0.407 e. The molecule has 0 spiro atoms. The molecule has 0 radical (unpaired) electrons. The number of alkyl halides is 2. The zero-order valence-electron chi connectivity index (χ0n) is 12.9. The number of alkyl carbamates (subject to hydrolysis) is 1. The van der Waals surface area contributed by atoms with E-state index in [0.29, 0.717) is 6.54 Å². The Kier molecular flexibility index (Phi) is 5.71. The van der Waals surface area contributed by atoms with Crippen LogP contribution >= 0.6 is 0 Å². The highest BCUT2D eigenvalue weighted by Gasteiger charge is 2.30. The summed E-state index contributed by atoms with van der Waals surface area (Å²) in [5.41, 5.74) is 0.204. The molecule has 0 aliphatic carbocycles. The molecule has 1 aromatic heterocycles. The van der Waals surface area contributed by atoms with E-state index in [1.54, 1.807) is 20.8 Å². The largest absolute Gasteiger partial charge is 0.444 e. The number of carbonyl (C=O) groups excluding carboxylic acids is 1. The standard InChI is InChI=1S/C14H23F2N3O2/c1-13(2,3)21-12(20)18-10-14(15,16)9-17-8-11-6-5-7-19(11)4/h5-7,17H,8-10H2,1-4H3,(H,18,20). The Labute approximate surface area is 123 Å². The average Bonchev–Trinajstić information content (AvgIpc) is 2.71. The summed E-state index contributed by atoms with van der Waals surface area (Å²) in [6.45, 7) is 4.08. The summed E-state index contributed by atoms with van der Waals surface area (Å²) in [5.74, 6) is -3.04. The lowest BCUT2D eigenvalue weighted by molar-refractivity contribution is -0.00385. The van der Waals surface area contributed by atoms with Crippen molar-refractivity contribution in [3.8, 4) is 0 Å². The van der Waals surface area contributed by atoms with Gasteiger partial charge in [0.1, 0.15) is 5.60 Å². The summed E-state index contributed by atoms with van der Waals surface area (Å²) >= 11 is 0. The Bertz CT molecular complexity index is 467. The first-order valence-electron chi connectivity index (χ1n) is 6.75. The van der Waals surface area contributed by atoms with E-state index in [1.807, 2.05) is 29.9 Å². The topological polar surface area (TPSA) is 55.3 Å². The zero-order chi connectivity index (χ0) is 16.1. The van der Waals surface area contributed by atoms with Gasteiger partial charge >= 0.3 is 6.09 Å². The van der Waals surface area contributed by atoms with E-state index < -0.39 is 30.7 Å². The van der Waals surface area contributed by atoms with Crippen LogP contribution in [0.1, 0.15) is 26.5 Å². The predicted octanol–water partition coefficient (Wildman–Crippen LogP) is 2.27. The van der Waals surface area contributed by atoms with E-state index >= 15 is 0 Å². The molecule has 1 amide bonds. The van der Waals surface area contributed by atoms with Crippen molar-refractivity contribution in [2.45, 2.75) is 38.8 Å². The number of halogens is 2. The summed E-state index contributed by atoms with van der Waals surface area (Å²) in [5, 5.41) is 4.76. The maximum absolute atomic E-state index is 13.6. The molecule has 5 nitrogen and oxygen atoms in total. The van der Waals surface area contributed by atoms with Crippen LogP contribution in [0.5, 0.6) is 0 Å². The second kappa shape index (κ2) is 6.89. The third-order valence-corrected chi connectivity index (χ3v) is 2.63. The molecular formula is C14H23F2N3O2. The first-order valence-corrected chi connectivity index (χ1v) is 6.75. The molecule has 0 unspecified atom stereocenters. The Morgan fingerprint density at radius 2 is 2.00 bits per heavy atom. The van der Waals surface area contributed by atoms with Gasteiger partial charge in [-0.05, 0) is 32.9 Å². The molecule has 0 saturated heterocycles. The molecule has 0 aliphatic heterocycles. The van der Waals surface area contributed by atoms with Crippen molar-refractivity contribution < 1.29 is 18.3 Å². The normalized spacial score (nSPS) is 12.3. The van der Waals surface area contributed by atoms with Gasteiger partial charge in [0.2, 0.25) is 0 Å². The fraction of sp³-hybridized carbons (Fsp3) is 0.643. The number of hydrogen-bond acceptors (Lipinski definition) is 3. The quantitative estimate of drug-likeness (QED) is 0.847. The van der Waals surface area contributed by atoms with E-state index in [2.05, 4.69) is 10.6 Å². The number of hydrogen-bond donors (Lipinski definition) is 2. The SMILES string of the molecule is Cn1cccc1CNCC(F)(F)CNC(=O)OC(C)(C)C. The highest BCUT2D eigenvalue weighted by Crippen LogP contribution is 2.12. The summed E-state index contributed by atoms with van der Waals surface area (Å²) in [6, 6.07) is 3.70. The molecule has 2 N–H and O–H groups in total. The monoisotopic (exact) mass is 303 g/mol. The molecule has 0 saturated carbocycles. The lowest BCUT2D eigenvalue weighted by Gasteiger charge is -2.22. The second-order valence-corrected chi connectivity index (χ2v) is 5.93. The van der Waals surface area contributed by atoms with Gasteiger partial charge < -0.3 is 19.9 Å². The van der Waals surface area contributed by atoms with Crippen molar-refractivity contribution in [2.75, 3.05) is 13.1 Å². The van der Waals surface area contributed by atoms with E-state index in [0.717, 1.165) is 5.69 Å². The number of amides is 1. The van der Waals surface area contributed by atoms with Gasteiger partial charge in [0.05, 0.1) is 13.1 Å². The smallest absolute Gasteiger partial charge is 0.407 e. The van der Waals surface area contributed by atoms with Gasteiger partial charge in [-0.15, -0.1) is 0 Å². The Morgan fingerprint density at radius 3 is 2.52 bits per heavy atom. The van der Waals surface area contributed by atoms with Crippen molar-refractivity contribution in [3.63, 3.8) is 0 Å². The van der Waals surface area contributed by atoms with Crippen LogP contribution in [0.15, 0.2) is 18.3 Å². The van der Waals surface area contributed by atoms with E-state index in [1.165, 1.54) is 0 Å². The van der Waals surface area contributed by atoms with E-state index in [4.69, 9.17) is 4.74 Å². The van der Waals surface area contributed by atoms with E-state index in [-0.39, 0.29) is 0 Å². The fourth-order valence-corrected chi connectivity index (χ4v) is 1.63. The number of ether oxygens (including phenoxy) is 1. The molecule has 0 bridgehead atoms. The maximum atomic E-state index is 13.6. The molecule has 0 aromatic carbocycles. The number of nitrogens with one attached hydrogen (secondary N) is 2. The van der Waals surface area contributed by atoms with Crippen LogP contribution in [-0.4, -0.2) is 35.3 Å². The lowest BCUT2D eigenvalue weighted by Crippen LogP contribution is -2.44. The van der Waals surface area contributed by atoms with Crippen molar-refractivity contribution in [1.82, 2.24) is 15.2 Å². The van der Waals surface area contributed by atoms with Crippen LogP contribution in [0.4, 0.5) is 13.6 Å². The second-order valence-electron chi connectivity index (χ2n) is 5.93. The van der Waals surface area contributed by atoms with Crippen LogP contribution in [-0.2, 0) is 18.3 Å². The Hall–Kier alpha value is -1.63. The third kappa shape index (κ3) is 7.08. The Balaban J connectivity index is 2.30. The van der Waals surface area contributed by atoms with Crippen molar-refractivity contribution in [2.24, 2.45) is 7.05 Å². The molecule has 1 aromatic rings. The van der Waals surface area contributed by atoms with Gasteiger partial charge in [-0.3, -0.25) is 0 Å². The summed E-state index contributed by atoms with van der Waals surface area (Å²) in [6.07, 6.45) is 1.00. The lowest BCUT2D eigenvalue weighted by atomic mass is 10.2. The zero-order valence-corrected chi connectivity index (χ0v) is 12.9. The van der Waals surface area contributed by atoms with Crippen molar-refractivity contribution >= 4 is 6.09 Å². The summed E-state index contributed by atoms with van der Waals surface area (Å²) in [4.78, 5) is 11.3. The Morgan fingerprint density at radius 1 is 1.33 bits per heavy atom. The van der Waals surface area contributed by atoms with Gasteiger partial charge in [-0.25, -0.2) is 13.6 Å². The van der Waals surface area contributed by atoms with Gasteiger partial charge in [0.15, 0.2) is 0 Å². The van der Waals surface area contributed by atoms with Gasteiger partial charge in [0.25, 0.3) is 5.92 Å². The van der Waals surface area contributed by atoms with Crippen LogP contribution in [0.2, 0.25) is 0 Å². The number of nitrogens with zero attached hydrogens (tertiary/aromatic N) is 1. The molecule has 1 rings (SSSR count). The van der Waals surface area contributed by atoms with Gasteiger partial charge in [0, 0.05) is 25.5 Å². The molecule has 1 heterocycles. The number of rotatable bonds is 6. The van der Waals surface area contributed by atoms with Crippen molar-refractivity contribution in [1.29, 1.82) is 0 Å². The number of aromatic nitrogens is 1. The summed E-state index contributed by atoms with van der Waals surface area (Å²) < 4.78 is 34.0. The molecule has 0 fully saturated rings. The minimum Gasteiger partial charge on any atom is -0.444 e. The molecule has 0 atom stereocenters. The first-order chi connectivity index (χ1) is 9.59. The van der Waals surface area contributed by atoms with Crippen LogP contribution < -0.4 is 10.6 Å². The molecule has 7 heteroatoms. The minimum absolute atomic E-state index is 0.339. The predicted molar refractivity (Wildman–Crippen MR) is 76.3 cm³/mol. The third-order valence-electron chi connectivity index (χ3n) is 2.63.